The molecule has 0 spiro atoms. The lowest BCUT2D eigenvalue weighted by Crippen LogP contribution is -2.21. The van der Waals surface area contributed by atoms with Gasteiger partial charge in [-0.2, -0.15) is 0 Å². The van der Waals surface area contributed by atoms with Crippen molar-refractivity contribution in [1.29, 1.82) is 0 Å². The number of rotatable bonds is 2. The van der Waals surface area contributed by atoms with Crippen LogP contribution in [0, 0.1) is 0 Å². The van der Waals surface area contributed by atoms with Gasteiger partial charge in [-0.05, 0) is 12.1 Å². The van der Waals surface area contributed by atoms with Crippen molar-refractivity contribution in [3.8, 4) is 22.9 Å². The Bertz CT molecular complexity index is 906. The first-order chi connectivity index (χ1) is 9.60. The maximum absolute atomic E-state index is 11.6. The molecule has 20 heavy (non-hydrogen) atoms. The van der Waals surface area contributed by atoms with Gasteiger partial charge in [0.1, 0.15) is 11.3 Å². The zero-order valence-electron chi connectivity index (χ0n) is 10.4. The Balaban J connectivity index is 2.28. The molecule has 0 bridgehead atoms. The monoisotopic (exact) mass is 274 g/mol. The Labute approximate surface area is 111 Å². The zero-order chi connectivity index (χ0) is 14.3. The van der Waals surface area contributed by atoms with Crippen molar-refractivity contribution in [3.05, 3.63) is 39.0 Å². The predicted octanol–water partition coefficient (Wildman–Crippen LogP) is 0.321. The average Bonchev–Trinajstić information content (AvgIpc) is 2.83. The van der Waals surface area contributed by atoms with Crippen LogP contribution in [0.5, 0.6) is 11.5 Å². The molecule has 0 aliphatic rings. The van der Waals surface area contributed by atoms with Crippen molar-refractivity contribution in [2.45, 2.75) is 0 Å². The number of aromatic nitrogens is 4. The molecular formula is C12H10N4O4. The van der Waals surface area contributed by atoms with Crippen LogP contribution in [0.4, 0.5) is 0 Å². The Morgan fingerprint density at radius 1 is 1.20 bits per heavy atom. The molecule has 0 saturated heterocycles. The quantitative estimate of drug-likeness (QED) is 0.535. The molecule has 1 aromatic carbocycles. The summed E-state index contributed by atoms with van der Waals surface area (Å²) in [5.41, 5.74) is -0.612. The largest absolute Gasteiger partial charge is 0.504 e. The van der Waals surface area contributed by atoms with Gasteiger partial charge in [-0.1, -0.05) is 6.07 Å². The first-order valence-corrected chi connectivity index (χ1v) is 5.69. The van der Waals surface area contributed by atoms with E-state index in [0.717, 1.165) is 0 Å². The van der Waals surface area contributed by atoms with Crippen LogP contribution in [0.1, 0.15) is 0 Å². The van der Waals surface area contributed by atoms with E-state index in [2.05, 4.69) is 19.9 Å². The fourth-order valence-electron chi connectivity index (χ4n) is 1.94. The standard InChI is InChI=1S/C12H10N4O4/c1-20-6-4-2-3-5(8(6)17)9-13-7-10(14-9)15-12(19)16-11(7)18/h2-4,17H,1H3,(H3,13,14,15,16,18,19). The molecule has 0 aliphatic heterocycles. The van der Waals surface area contributed by atoms with Gasteiger partial charge in [0.15, 0.2) is 17.1 Å². The maximum Gasteiger partial charge on any atom is 0.327 e. The molecular weight excluding hydrogens is 264 g/mol. The molecule has 0 saturated carbocycles. The number of aromatic amines is 3. The van der Waals surface area contributed by atoms with E-state index in [9.17, 15) is 14.7 Å². The summed E-state index contributed by atoms with van der Waals surface area (Å²) < 4.78 is 5.01. The lowest BCUT2D eigenvalue weighted by Gasteiger charge is -2.06. The third kappa shape index (κ3) is 1.74. The summed E-state index contributed by atoms with van der Waals surface area (Å²) >= 11 is 0. The summed E-state index contributed by atoms with van der Waals surface area (Å²) in [6.07, 6.45) is 0. The Morgan fingerprint density at radius 3 is 2.75 bits per heavy atom. The number of aromatic hydroxyl groups is 1. The van der Waals surface area contributed by atoms with Gasteiger partial charge in [-0.3, -0.25) is 14.8 Å². The fraction of sp³-hybridized carbons (Fsp3) is 0.0833. The van der Waals surface area contributed by atoms with Crippen LogP contribution in [0.3, 0.4) is 0 Å². The third-order valence-electron chi connectivity index (χ3n) is 2.86. The van der Waals surface area contributed by atoms with E-state index in [1.807, 2.05) is 0 Å². The van der Waals surface area contributed by atoms with Gasteiger partial charge in [0.2, 0.25) is 0 Å². The fourth-order valence-corrected chi connectivity index (χ4v) is 1.94. The number of phenolic OH excluding ortho intramolecular Hbond substituents is 1. The summed E-state index contributed by atoms with van der Waals surface area (Å²) in [4.78, 5) is 34.1. The molecule has 0 unspecified atom stereocenters. The summed E-state index contributed by atoms with van der Waals surface area (Å²) in [7, 11) is 1.43. The van der Waals surface area contributed by atoms with Gasteiger partial charge in [0, 0.05) is 0 Å². The minimum absolute atomic E-state index is 0.104. The van der Waals surface area contributed by atoms with E-state index in [1.165, 1.54) is 7.11 Å². The van der Waals surface area contributed by atoms with E-state index >= 15 is 0 Å². The number of imidazole rings is 1. The van der Waals surface area contributed by atoms with E-state index in [0.29, 0.717) is 5.56 Å². The van der Waals surface area contributed by atoms with Gasteiger partial charge in [-0.25, -0.2) is 9.78 Å². The van der Waals surface area contributed by atoms with Crippen LogP contribution < -0.4 is 16.0 Å². The number of ether oxygens (including phenoxy) is 1. The van der Waals surface area contributed by atoms with Crippen LogP contribution in [0.25, 0.3) is 22.6 Å². The maximum atomic E-state index is 11.6. The van der Waals surface area contributed by atoms with Gasteiger partial charge >= 0.3 is 5.69 Å². The Morgan fingerprint density at radius 2 is 2.00 bits per heavy atom. The number of fused-ring (bicyclic) bond motifs is 1. The van der Waals surface area contributed by atoms with E-state index in [1.54, 1.807) is 18.2 Å². The second kappa shape index (κ2) is 4.26. The van der Waals surface area contributed by atoms with Crippen molar-refractivity contribution < 1.29 is 9.84 Å². The molecule has 8 nitrogen and oxygen atoms in total. The summed E-state index contributed by atoms with van der Waals surface area (Å²) in [6, 6.07) is 4.88. The van der Waals surface area contributed by atoms with Crippen molar-refractivity contribution in [2.24, 2.45) is 0 Å². The molecule has 4 N–H and O–H groups in total. The molecule has 8 heteroatoms. The molecule has 3 rings (SSSR count). The van der Waals surface area contributed by atoms with Crippen LogP contribution >= 0.6 is 0 Å². The van der Waals surface area contributed by atoms with E-state index < -0.39 is 11.2 Å². The van der Waals surface area contributed by atoms with Crippen molar-refractivity contribution in [2.75, 3.05) is 7.11 Å². The van der Waals surface area contributed by atoms with Crippen molar-refractivity contribution in [1.82, 2.24) is 19.9 Å². The van der Waals surface area contributed by atoms with Crippen molar-refractivity contribution in [3.63, 3.8) is 0 Å². The highest BCUT2D eigenvalue weighted by Crippen LogP contribution is 2.35. The zero-order valence-corrected chi connectivity index (χ0v) is 10.4. The lowest BCUT2D eigenvalue weighted by atomic mass is 10.2. The number of hydrogen-bond donors (Lipinski definition) is 4. The number of phenols is 1. The number of hydrogen-bond acceptors (Lipinski definition) is 5. The molecule has 2 aromatic heterocycles. The van der Waals surface area contributed by atoms with E-state index in [4.69, 9.17) is 4.74 Å². The van der Waals surface area contributed by atoms with Gasteiger partial charge in [-0.15, -0.1) is 0 Å². The van der Waals surface area contributed by atoms with Crippen LogP contribution in [-0.2, 0) is 0 Å². The third-order valence-corrected chi connectivity index (χ3v) is 2.86. The second-order valence-electron chi connectivity index (χ2n) is 4.07. The number of benzene rings is 1. The van der Waals surface area contributed by atoms with Gasteiger partial charge < -0.3 is 14.8 Å². The number of nitrogens with one attached hydrogen (secondary N) is 3. The number of para-hydroxylation sites is 1. The Hall–Kier alpha value is -3.03. The topological polar surface area (TPSA) is 124 Å². The molecule has 102 valence electrons. The summed E-state index contributed by atoms with van der Waals surface area (Å²) in [5.74, 6) is 0.432. The molecule has 0 radical (unpaired) electrons. The molecule has 0 atom stereocenters. The van der Waals surface area contributed by atoms with Crippen LogP contribution in [-0.4, -0.2) is 32.2 Å². The molecule has 0 fully saturated rings. The van der Waals surface area contributed by atoms with E-state index in [-0.39, 0.29) is 28.5 Å². The van der Waals surface area contributed by atoms with Crippen molar-refractivity contribution >= 4 is 11.2 Å². The molecule has 0 aliphatic carbocycles. The first-order valence-electron chi connectivity index (χ1n) is 5.69. The van der Waals surface area contributed by atoms with Crippen LogP contribution in [0.2, 0.25) is 0 Å². The Kier molecular flexibility index (Phi) is 2.56. The normalized spacial score (nSPS) is 10.8. The highest BCUT2D eigenvalue weighted by Gasteiger charge is 2.14. The number of methoxy groups -OCH3 is 1. The van der Waals surface area contributed by atoms with Gasteiger partial charge in [0.25, 0.3) is 5.56 Å². The highest BCUT2D eigenvalue weighted by atomic mass is 16.5. The molecule has 0 amide bonds. The lowest BCUT2D eigenvalue weighted by molar-refractivity contribution is 0.374. The SMILES string of the molecule is COc1cccc(-c2nc3[nH]c(=O)[nH]c(=O)c3[nH]2)c1O. The smallest absolute Gasteiger partial charge is 0.327 e. The van der Waals surface area contributed by atoms with Gasteiger partial charge in [0.05, 0.1) is 12.7 Å². The summed E-state index contributed by atoms with van der Waals surface area (Å²) in [5, 5.41) is 10.0. The average molecular weight is 274 g/mol. The minimum Gasteiger partial charge on any atom is -0.504 e. The van der Waals surface area contributed by atoms with Crippen LogP contribution in [0.15, 0.2) is 27.8 Å². The molecule has 2 heterocycles. The predicted molar refractivity (Wildman–Crippen MR) is 71.0 cm³/mol. The number of H-pyrrole nitrogens is 3. The highest BCUT2D eigenvalue weighted by molar-refractivity contribution is 5.77. The molecule has 3 aromatic rings. The number of nitrogens with zero attached hydrogens (tertiary/aromatic N) is 1. The second-order valence-corrected chi connectivity index (χ2v) is 4.07. The summed E-state index contributed by atoms with van der Waals surface area (Å²) in [6.45, 7) is 0. The first kappa shape index (κ1) is 12.0. The minimum atomic E-state index is -0.643.